The molecule has 0 aromatic heterocycles. The summed E-state index contributed by atoms with van der Waals surface area (Å²) in [4.78, 5) is 12.9. The van der Waals surface area contributed by atoms with Crippen molar-refractivity contribution in [2.75, 3.05) is 11.9 Å². The first kappa shape index (κ1) is 23.3. The predicted molar refractivity (Wildman–Crippen MR) is 133 cm³/mol. The van der Waals surface area contributed by atoms with E-state index < -0.39 is 22.5 Å². The highest BCUT2D eigenvalue weighted by molar-refractivity contribution is 7.89. The molecular formula is C25H20Cl2N2O3S. The van der Waals surface area contributed by atoms with Crippen LogP contribution in [0, 0.1) is 0 Å². The van der Waals surface area contributed by atoms with Gasteiger partial charge in [0.25, 0.3) is 0 Å². The van der Waals surface area contributed by atoms with E-state index in [-0.39, 0.29) is 21.5 Å². The Morgan fingerprint density at radius 3 is 2.33 bits per heavy atom. The average molecular weight is 499 g/mol. The molecule has 0 spiro atoms. The van der Waals surface area contributed by atoms with Gasteiger partial charge in [-0.1, -0.05) is 89.9 Å². The molecule has 0 saturated carbocycles. The van der Waals surface area contributed by atoms with Gasteiger partial charge in [0, 0.05) is 22.6 Å². The molecule has 0 saturated heterocycles. The van der Waals surface area contributed by atoms with Gasteiger partial charge in [0.1, 0.15) is 4.90 Å². The van der Waals surface area contributed by atoms with Crippen LogP contribution in [-0.4, -0.2) is 25.2 Å². The van der Waals surface area contributed by atoms with Crippen LogP contribution < -0.4 is 5.32 Å². The van der Waals surface area contributed by atoms with Gasteiger partial charge in [0.15, 0.2) is 0 Å². The number of hydrogen-bond acceptors (Lipinski definition) is 3. The fourth-order valence-electron chi connectivity index (χ4n) is 3.51. The molecule has 0 fully saturated rings. The molecule has 33 heavy (non-hydrogen) atoms. The summed E-state index contributed by atoms with van der Waals surface area (Å²) in [6, 6.07) is 26.5. The number of carbonyl (C=O) groups excluding carboxylic acids is 1. The largest absolute Gasteiger partial charge is 0.324 e. The molecule has 5 nitrogen and oxygen atoms in total. The summed E-state index contributed by atoms with van der Waals surface area (Å²) >= 11 is 12.2. The third kappa shape index (κ3) is 5.37. The zero-order valence-corrected chi connectivity index (χ0v) is 19.7. The van der Waals surface area contributed by atoms with Gasteiger partial charge in [0.2, 0.25) is 15.9 Å². The maximum Gasteiger partial charge on any atom is 0.245 e. The quantitative estimate of drug-likeness (QED) is 0.341. The molecule has 0 heterocycles. The third-order valence-corrected chi connectivity index (χ3v) is 7.60. The van der Waals surface area contributed by atoms with E-state index in [0.29, 0.717) is 5.69 Å². The van der Waals surface area contributed by atoms with Crippen molar-refractivity contribution in [3.63, 3.8) is 0 Å². The van der Waals surface area contributed by atoms with Crippen molar-refractivity contribution in [2.45, 2.75) is 11.4 Å². The van der Waals surface area contributed by atoms with Crippen molar-refractivity contribution in [1.29, 1.82) is 0 Å². The second-order valence-corrected chi connectivity index (χ2v) is 10.2. The van der Waals surface area contributed by atoms with Gasteiger partial charge in [-0.25, -0.2) is 8.42 Å². The van der Waals surface area contributed by atoms with Crippen molar-refractivity contribution in [3.8, 4) is 0 Å². The van der Waals surface area contributed by atoms with Gasteiger partial charge in [-0.15, -0.1) is 0 Å². The summed E-state index contributed by atoms with van der Waals surface area (Å²) in [7, 11) is -4.13. The molecule has 4 aromatic rings. The van der Waals surface area contributed by atoms with E-state index in [0.717, 1.165) is 20.6 Å². The fraction of sp³-hybridized carbons (Fsp3) is 0.0800. The van der Waals surface area contributed by atoms with Crippen molar-refractivity contribution >= 4 is 55.6 Å². The second-order valence-electron chi connectivity index (χ2n) is 7.41. The van der Waals surface area contributed by atoms with Gasteiger partial charge in [-0.2, -0.15) is 4.31 Å². The van der Waals surface area contributed by atoms with Crippen molar-refractivity contribution < 1.29 is 13.2 Å². The standard InChI is InChI=1S/C25H20Cl2N2O3S/c26-20-13-14-22(27)24(15-20)33(31,32)29(16-18-7-2-1-3-8-18)17-25(30)28-23-12-6-10-19-9-4-5-11-21(19)23/h1-15H,16-17H2,(H,28,30). The molecule has 0 aliphatic rings. The number of hydrogen-bond donors (Lipinski definition) is 1. The van der Waals surface area contributed by atoms with Crippen LogP contribution >= 0.6 is 23.2 Å². The number of nitrogens with zero attached hydrogens (tertiary/aromatic N) is 1. The summed E-state index contributed by atoms with van der Waals surface area (Å²) in [6.07, 6.45) is 0. The highest BCUT2D eigenvalue weighted by Crippen LogP contribution is 2.29. The molecule has 4 aromatic carbocycles. The maximum absolute atomic E-state index is 13.5. The lowest BCUT2D eigenvalue weighted by Crippen LogP contribution is -2.37. The second kappa shape index (κ2) is 9.93. The lowest BCUT2D eigenvalue weighted by molar-refractivity contribution is -0.116. The monoisotopic (exact) mass is 498 g/mol. The lowest BCUT2D eigenvalue weighted by Gasteiger charge is -2.23. The Kier molecular flexibility index (Phi) is 7.00. The van der Waals surface area contributed by atoms with E-state index in [4.69, 9.17) is 23.2 Å². The SMILES string of the molecule is O=C(CN(Cc1ccccc1)S(=O)(=O)c1cc(Cl)ccc1Cl)Nc1cccc2ccccc12. The van der Waals surface area contributed by atoms with Crippen LogP contribution in [0.15, 0.2) is 95.9 Å². The molecule has 0 radical (unpaired) electrons. The zero-order chi connectivity index (χ0) is 23.4. The third-order valence-electron chi connectivity index (χ3n) is 5.10. The number of rotatable bonds is 7. The molecule has 8 heteroatoms. The van der Waals surface area contributed by atoms with Crippen LogP contribution in [0.25, 0.3) is 10.8 Å². The summed E-state index contributed by atoms with van der Waals surface area (Å²) in [5, 5.41) is 4.95. The number of nitrogens with one attached hydrogen (secondary N) is 1. The van der Waals surface area contributed by atoms with Crippen LogP contribution in [-0.2, 0) is 21.4 Å². The number of halogens is 2. The van der Waals surface area contributed by atoms with Crippen LogP contribution in [0.3, 0.4) is 0 Å². The summed E-state index contributed by atoms with van der Waals surface area (Å²) < 4.78 is 28.1. The van der Waals surface area contributed by atoms with E-state index in [1.54, 1.807) is 18.2 Å². The molecule has 0 aliphatic heterocycles. The van der Waals surface area contributed by atoms with E-state index >= 15 is 0 Å². The lowest BCUT2D eigenvalue weighted by atomic mass is 10.1. The normalized spacial score (nSPS) is 11.6. The van der Waals surface area contributed by atoms with E-state index in [9.17, 15) is 13.2 Å². The first-order valence-electron chi connectivity index (χ1n) is 10.1. The molecule has 1 amide bonds. The predicted octanol–water partition coefficient (Wildman–Crippen LogP) is 5.98. The first-order chi connectivity index (χ1) is 15.8. The smallest absolute Gasteiger partial charge is 0.245 e. The van der Waals surface area contributed by atoms with Crippen LogP contribution in [0.5, 0.6) is 0 Å². The number of sulfonamides is 1. The van der Waals surface area contributed by atoms with Gasteiger partial charge < -0.3 is 5.32 Å². The first-order valence-corrected chi connectivity index (χ1v) is 12.3. The van der Waals surface area contributed by atoms with Crippen molar-refractivity contribution in [1.82, 2.24) is 4.31 Å². The summed E-state index contributed by atoms with van der Waals surface area (Å²) in [6.45, 7) is -0.405. The molecule has 4 rings (SSSR count). The number of carbonyl (C=O) groups is 1. The van der Waals surface area contributed by atoms with Gasteiger partial charge in [-0.3, -0.25) is 4.79 Å². The van der Waals surface area contributed by atoms with Crippen molar-refractivity contribution in [3.05, 3.63) is 107 Å². The molecule has 1 N–H and O–H groups in total. The molecule has 0 aliphatic carbocycles. The fourth-order valence-corrected chi connectivity index (χ4v) is 5.63. The molecular weight excluding hydrogens is 479 g/mol. The van der Waals surface area contributed by atoms with E-state index in [1.807, 2.05) is 54.6 Å². The van der Waals surface area contributed by atoms with E-state index in [2.05, 4.69) is 5.32 Å². The highest BCUT2D eigenvalue weighted by atomic mass is 35.5. The van der Waals surface area contributed by atoms with E-state index in [1.165, 1.54) is 18.2 Å². The van der Waals surface area contributed by atoms with Crippen LogP contribution in [0.1, 0.15) is 5.56 Å². The number of amides is 1. The number of anilines is 1. The topological polar surface area (TPSA) is 66.5 Å². The molecule has 0 bridgehead atoms. The minimum atomic E-state index is -4.13. The Hall–Kier alpha value is -2.90. The molecule has 0 unspecified atom stereocenters. The Labute approximate surface area is 202 Å². The molecule has 168 valence electrons. The van der Waals surface area contributed by atoms with Gasteiger partial charge >= 0.3 is 0 Å². The zero-order valence-electron chi connectivity index (χ0n) is 17.4. The Balaban J connectivity index is 1.66. The van der Waals surface area contributed by atoms with Crippen LogP contribution in [0.2, 0.25) is 10.0 Å². The van der Waals surface area contributed by atoms with Crippen LogP contribution in [0.4, 0.5) is 5.69 Å². The maximum atomic E-state index is 13.5. The Morgan fingerprint density at radius 2 is 1.55 bits per heavy atom. The Bertz CT molecular complexity index is 1400. The molecule has 0 atom stereocenters. The highest BCUT2D eigenvalue weighted by Gasteiger charge is 2.29. The average Bonchev–Trinajstić information content (AvgIpc) is 2.81. The number of benzene rings is 4. The van der Waals surface area contributed by atoms with Gasteiger partial charge in [0.05, 0.1) is 11.6 Å². The van der Waals surface area contributed by atoms with Crippen molar-refractivity contribution in [2.24, 2.45) is 0 Å². The minimum Gasteiger partial charge on any atom is -0.324 e. The number of fused-ring (bicyclic) bond motifs is 1. The summed E-state index contributed by atoms with van der Waals surface area (Å²) in [5.41, 5.74) is 1.34. The summed E-state index contributed by atoms with van der Waals surface area (Å²) in [5.74, 6) is -0.469. The Morgan fingerprint density at radius 1 is 0.848 bits per heavy atom. The minimum absolute atomic E-state index is 0.00499. The van der Waals surface area contributed by atoms with Gasteiger partial charge in [-0.05, 0) is 35.2 Å².